The van der Waals surface area contributed by atoms with E-state index in [0.717, 1.165) is 27.1 Å². The van der Waals surface area contributed by atoms with Crippen molar-refractivity contribution in [2.45, 2.75) is 6.42 Å². The average molecular weight is 405 g/mol. The molecule has 0 radical (unpaired) electrons. The van der Waals surface area contributed by atoms with Gasteiger partial charge >= 0.3 is 0 Å². The van der Waals surface area contributed by atoms with Crippen LogP contribution in [-0.2, 0) is 6.42 Å². The van der Waals surface area contributed by atoms with Crippen molar-refractivity contribution in [2.75, 3.05) is 19.0 Å². The Kier molecular flexibility index (Phi) is 5.50. The van der Waals surface area contributed by atoms with E-state index in [1.165, 1.54) is 11.3 Å². The predicted molar refractivity (Wildman–Crippen MR) is 115 cm³/mol. The van der Waals surface area contributed by atoms with E-state index in [2.05, 4.69) is 10.3 Å². The minimum atomic E-state index is -0.247. The number of benzene rings is 2. The predicted octanol–water partition coefficient (Wildman–Crippen LogP) is 4.15. The number of hydrogen-bond acceptors (Lipinski definition) is 6. The molecule has 4 aromatic rings. The molecule has 0 unspecified atom stereocenters. The Labute approximate surface area is 171 Å². The average Bonchev–Trinajstić information content (AvgIpc) is 3.20. The van der Waals surface area contributed by atoms with Gasteiger partial charge in [0, 0.05) is 35.1 Å². The molecule has 2 aromatic carbocycles. The first kappa shape index (κ1) is 19.0. The number of amides is 1. The van der Waals surface area contributed by atoms with Gasteiger partial charge in [-0.05, 0) is 36.4 Å². The first-order chi connectivity index (χ1) is 14.2. The zero-order valence-electron chi connectivity index (χ0n) is 15.8. The highest BCUT2D eigenvalue weighted by Gasteiger charge is 2.15. The quantitative estimate of drug-likeness (QED) is 0.503. The third-order valence-corrected chi connectivity index (χ3v) is 5.45. The smallest absolute Gasteiger partial charge is 0.258 e. The van der Waals surface area contributed by atoms with E-state index >= 15 is 0 Å². The van der Waals surface area contributed by atoms with E-state index in [1.54, 1.807) is 19.4 Å². The summed E-state index contributed by atoms with van der Waals surface area (Å²) < 4.78 is 5.22. The van der Waals surface area contributed by atoms with Crippen molar-refractivity contribution in [3.8, 4) is 17.0 Å². The number of aliphatic hydroxyl groups is 1. The number of para-hydroxylation sites is 1. The van der Waals surface area contributed by atoms with Gasteiger partial charge in [0.15, 0.2) is 5.13 Å². The topological polar surface area (TPSA) is 84.3 Å². The summed E-state index contributed by atoms with van der Waals surface area (Å²) in [5.41, 5.74) is 2.87. The molecule has 2 heterocycles. The van der Waals surface area contributed by atoms with Crippen molar-refractivity contribution in [3.05, 3.63) is 71.2 Å². The van der Waals surface area contributed by atoms with E-state index < -0.39 is 0 Å². The van der Waals surface area contributed by atoms with Crippen molar-refractivity contribution in [1.82, 2.24) is 9.97 Å². The number of carbonyl (C=O) groups is 1. The highest BCUT2D eigenvalue weighted by molar-refractivity contribution is 7.15. The summed E-state index contributed by atoms with van der Waals surface area (Å²) in [5, 5.41) is 13.2. The molecule has 0 aliphatic carbocycles. The number of thiazole rings is 1. The number of pyridine rings is 1. The molecule has 0 aliphatic heterocycles. The SMILES string of the molecule is COc1ccc(-c2cc(C(=O)Nc3ncc(CCO)s3)c3ccccc3n2)cc1. The summed E-state index contributed by atoms with van der Waals surface area (Å²) in [4.78, 5) is 22.9. The molecule has 146 valence electrons. The number of nitrogens with zero attached hydrogens (tertiary/aromatic N) is 2. The van der Waals surface area contributed by atoms with E-state index in [-0.39, 0.29) is 12.5 Å². The molecule has 1 amide bonds. The molecule has 2 N–H and O–H groups in total. The third kappa shape index (κ3) is 4.11. The van der Waals surface area contributed by atoms with Crippen molar-refractivity contribution < 1.29 is 14.6 Å². The zero-order valence-corrected chi connectivity index (χ0v) is 16.6. The van der Waals surface area contributed by atoms with Gasteiger partial charge in [-0.3, -0.25) is 10.1 Å². The van der Waals surface area contributed by atoms with Crippen LogP contribution in [0.1, 0.15) is 15.2 Å². The number of aliphatic hydroxyl groups excluding tert-OH is 1. The van der Waals surface area contributed by atoms with Gasteiger partial charge in [-0.2, -0.15) is 0 Å². The second-order valence-electron chi connectivity index (χ2n) is 6.36. The molecular formula is C22H19N3O3S. The van der Waals surface area contributed by atoms with Crippen LogP contribution in [0.4, 0.5) is 5.13 Å². The van der Waals surface area contributed by atoms with Crippen LogP contribution in [0.2, 0.25) is 0 Å². The Morgan fingerprint density at radius 2 is 1.97 bits per heavy atom. The Hall–Kier alpha value is -3.29. The van der Waals surface area contributed by atoms with Crippen LogP contribution in [0, 0.1) is 0 Å². The lowest BCUT2D eigenvalue weighted by Gasteiger charge is -2.10. The number of anilines is 1. The maximum Gasteiger partial charge on any atom is 0.258 e. The summed E-state index contributed by atoms with van der Waals surface area (Å²) in [7, 11) is 1.62. The number of hydrogen-bond donors (Lipinski definition) is 2. The monoisotopic (exact) mass is 405 g/mol. The minimum Gasteiger partial charge on any atom is -0.497 e. The lowest BCUT2D eigenvalue weighted by atomic mass is 10.0. The highest BCUT2D eigenvalue weighted by atomic mass is 32.1. The molecule has 2 aromatic heterocycles. The summed E-state index contributed by atoms with van der Waals surface area (Å²) in [6.45, 7) is 0.0514. The Balaban J connectivity index is 1.72. The van der Waals surface area contributed by atoms with Gasteiger partial charge in [0.05, 0.1) is 23.9 Å². The third-order valence-electron chi connectivity index (χ3n) is 4.48. The second kappa shape index (κ2) is 8.38. The molecule has 0 bridgehead atoms. The normalized spacial score (nSPS) is 10.8. The molecule has 0 aliphatic rings. The molecule has 0 fully saturated rings. The number of aromatic nitrogens is 2. The lowest BCUT2D eigenvalue weighted by Crippen LogP contribution is -2.12. The van der Waals surface area contributed by atoms with Crippen LogP contribution in [-0.4, -0.2) is 34.7 Å². The fourth-order valence-corrected chi connectivity index (χ4v) is 3.82. The zero-order chi connectivity index (χ0) is 20.2. The highest BCUT2D eigenvalue weighted by Crippen LogP contribution is 2.27. The van der Waals surface area contributed by atoms with Crippen LogP contribution in [0.15, 0.2) is 60.8 Å². The molecule has 0 saturated heterocycles. The maximum atomic E-state index is 13.0. The van der Waals surface area contributed by atoms with Gasteiger partial charge in [0.25, 0.3) is 5.91 Å². The molecule has 29 heavy (non-hydrogen) atoms. The molecule has 7 heteroatoms. The van der Waals surface area contributed by atoms with Crippen LogP contribution in [0.3, 0.4) is 0 Å². The molecule has 0 atom stereocenters. The first-order valence-electron chi connectivity index (χ1n) is 9.09. The van der Waals surface area contributed by atoms with Crippen LogP contribution in [0.25, 0.3) is 22.2 Å². The van der Waals surface area contributed by atoms with Gasteiger partial charge < -0.3 is 9.84 Å². The van der Waals surface area contributed by atoms with Crippen LogP contribution in [0.5, 0.6) is 5.75 Å². The van der Waals surface area contributed by atoms with E-state index in [0.29, 0.717) is 22.8 Å². The van der Waals surface area contributed by atoms with Crippen molar-refractivity contribution in [3.63, 3.8) is 0 Å². The lowest BCUT2D eigenvalue weighted by molar-refractivity contribution is 0.102. The standard InChI is InChI=1S/C22H19N3O3S/c1-28-15-8-6-14(7-9-15)20-12-18(17-4-2-3-5-19(17)24-20)21(27)25-22-23-13-16(29-22)10-11-26/h2-9,12-13,26H,10-11H2,1H3,(H,23,25,27). The van der Waals surface area contributed by atoms with Gasteiger partial charge in [-0.15, -0.1) is 11.3 Å². The Morgan fingerprint density at radius 1 is 1.17 bits per heavy atom. The van der Waals surface area contributed by atoms with Gasteiger partial charge in [-0.25, -0.2) is 9.97 Å². The second-order valence-corrected chi connectivity index (χ2v) is 7.48. The molecule has 6 nitrogen and oxygen atoms in total. The van der Waals surface area contributed by atoms with Gasteiger partial charge in [0.1, 0.15) is 5.75 Å². The number of nitrogens with one attached hydrogen (secondary N) is 1. The Morgan fingerprint density at radius 3 is 2.72 bits per heavy atom. The van der Waals surface area contributed by atoms with Crippen molar-refractivity contribution in [1.29, 1.82) is 0 Å². The molecule has 0 saturated carbocycles. The molecular weight excluding hydrogens is 386 g/mol. The van der Waals surface area contributed by atoms with E-state index in [1.807, 2.05) is 48.5 Å². The summed E-state index contributed by atoms with van der Waals surface area (Å²) in [6, 6.07) is 16.9. The summed E-state index contributed by atoms with van der Waals surface area (Å²) in [6.07, 6.45) is 2.19. The van der Waals surface area contributed by atoms with Crippen molar-refractivity contribution in [2.24, 2.45) is 0 Å². The number of fused-ring (bicyclic) bond motifs is 1. The largest absolute Gasteiger partial charge is 0.497 e. The molecule has 4 rings (SSSR count). The van der Waals surface area contributed by atoms with E-state index in [4.69, 9.17) is 14.8 Å². The van der Waals surface area contributed by atoms with Crippen LogP contribution < -0.4 is 10.1 Å². The minimum absolute atomic E-state index is 0.0514. The number of rotatable bonds is 6. The van der Waals surface area contributed by atoms with E-state index in [9.17, 15) is 4.79 Å². The maximum absolute atomic E-state index is 13.0. The first-order valence-corrected chi connectivity index (χ1v) is 9.90. The van der Waals surface area contributed by atoms with Gasteiger partial charge in [-0.1, -0.05) is 18.2 Å². The number of methoxy groups -OCH3 is 1. The molecule has 0 spiro atoms. The van der Waals surface area contributed by atoms with Crippen molar-refractivity contribution >= 4 is 33.3 Å². The van der Waals surface area contributed by atoms with Crippen LogP contribution >= 0.6 is 11.3 Å². The number of carbonyl (C=O) groups excluding carboxylic acids is 1. The fraction of sp³-hybridized carbons (Fsp3) is 0.136. The fourth-order valence-electron chi connectivity index (χ4n) is 3.03. The number of ether oxygens (including phenoxy) is 1. The summed E-state index contributed by atoms with van der Waals surface area (Å²) in [5.74, 6) is 0.512. The Bertz CT molecular complexity index is 1160. The van der Waals surface area contributed by atoms with Gasteiger partial charge in [0.2, 0.25) is 0 Å². The summed E-state index contributed by atoms with van der Waals surface area (Å²) >= 11 is 1.36.